The minimum Gasteiger partial charge on any atom is -0.497 e. The molecular formula is C31H32N4O5. The summed E-state index contributed by atoms with van der Waals surface area (Å²) in [7, 11) is 4.72. The molecule has 1 N–H and O–H groups in total. The van der Waals surface area contributed by atoms with Gasteiger partial charge in [-0.1, -0.05) is 48.5 Å². The number of amides is 2. The van der Waals surface area contributed by atoms with E-state index >= 15 is 0 Å². The molecule has 0 aliphatic rings. The molecule has 1 unspecified atom stereocenters. The number of rotatable bonds is 12. The fraction of sp³-hybridized carbons (Fsp3) is 0.226. The molecule has 0 saturated carbocycles. The molecule has 0 aliphatic carbocycles. The van der Waals surface area contributed by atoms with Crippen molar-refractivity contribution < 1.29 is 23.8 Å². The lowest BCUT2D eigenvalue weighted by atomic mass is 10.0. The molecule has 4 rings (SSSR count). The van der Waals surface area contributed by atoms with E-state index in [1.807, 2.05) is 48.5 Å². The lowest BCUT2D eigenvalue weighted by molar-refractivity contribution is -0.126. The number of methoxy groups -OCH3 is 3. The summed E-state index contributed by atoms with van der Waals surface area (Å²) in [4.78, 5) is 37.5. The molecule has 0 saturated heterocycles. The smallest absolute Gasteiger partial charge is 0.275 e. The number of ether oxygens (including phenoxy) is 3. The SMILES string of the molecule is COc1ccc(C(C(=O)NCc2ccccc2)N(CCc2ccc(OC)c(OC)c2)C(=O)c2cnccn2)cc1. The standard InChI is InChI=1S/C31H32N4O5/c1-38-25-12-10-24(11-13-25)29(30(36)34-20-23-7-5-4-6-8-23)35(31(37)26-21-32-16-17-33-26)18-15-22-9-14-27(39-2)28(19-22)40-3/h4-14,16-17,19,21,29H,15,18,20H2,1-3H3,(H,34,36). The largest absolute Gasteiger partial charge is 0.497 e. The average molecular weight is 541 g/mol. The van der Waals surface area contributed by atoms with Crippen molar-refractivity contribution in [2.45, 2.75) is 19.0 Å². The molecule has 4 aromatic rings. The van der Waals surface area contributed by atoms with Gasteiger partial charge in [0, 0.05) is 25.5 Å². The van der Waals surface area contributed by atoms with Crippen molar-refractivity contribution in [1.29, 1.82) is 0 Å². The zero-order valence-corrected chi connectivity index (χ0v) is 22.7. The first kappa shape index (κ1) is 28.1. The van der Waals surface area contributed by atoms with E-state index in [0.29, 0.717) is 35.8 Å². The monoisotopic (exact) mass is 540 g/mol. The molecule has 1 heterocycles. The molecule has 206 valence electrons. The van der Waals surface area contributed by atoms with Crippen LogP contribution in [0.3, 0.4) is 0 Å². The van der Waals surface area contributed by atoms with Gasteiger partial charge in [0.15, 0.2) is 11.5 Å². The van der Waals surface area contributed by atoms with Crippen molar-refractivity contribution >= 4 is 11.8 Å². The van der Waals surface area contributed by atoms with E-state index in [1.54, 1.807) is 45.6 Å². The van der Waals surface area contributed by atoms with Gasteiger partial charge >= 0.3 is 0 Å². The number of carbonyl (C=O) groups excluding carboxylic acids is 2. The highest BCUT2D eigenvalue weighted by molar-refractivity contribution is 5.96. The van der Waals surface area contributed by atoms with Gasteiger partial charge in [-0.3, -0.25) is 14.6 Å². The number of benzene rings is 3. The maximum Gasteiger partial charge on any atom is 0.275 e. The van der Waals surface area contributed by atoms with E-state index in [-0.39, 0.29) is 18.1 Å². The molecule has 2 amide bonds. The molecule has 9 nitrogen and oxygen atoms in total. The van der Waals surface area contributed by atoms with Crippen LogP contribution >= 0.6 is 0 Å². The minimum atomic E-state index is -0.940. The zero-order chi connectivity index (χ0) is 28.3. The van der Waals surface area contributed by atoms with Gasteiger partial charge in [-0.25, -0.2) is 4.98 Å². The van der Waals surface area contributed by atoms with Crippen molar-refractivity contribution in [1.82, 2.24) is 20.2 Å². The van der Waals surface area contributed by atoms with Crippen molar-refractivity contribution in [2.75, 3.05) is 27.9 Å². The van der Waals surface area contributed by atoms with Gasteiger partial charge in [0.25, 0.3) is 5.91 Å². The summed E-state index contributed by atoms with van der Waals surface area (Å²) >= 11 is 0. The Morgan fingerprint density at radius 3 is 2.25 bits per heavy atom. The van der Waals surface area contributed by atoms with Crippen LogP contribution < -0.4 is 19.5 Å². The van der Waals surface area contributed by atoms with Gasteiger partial charge in [0.2, 0.25) is 5.91 Å². The van der Waals surface area contributed by atoms with E-state index in [2.05, 4.69) is 15.3 Å². The Bertz CT molecular complexity index is 1400. The third kappa shape index (κ3) is 6.93. The number of hydrogen-bond donors (Lipinski definition) is 1. The normalized spacial score (nSPS) is 11.3. The summed E-state index contributed by atoms with van der Waals surface area (Å²) in [6, 6.07) is 21.4. The Hall–Kier alpha value is -4.92. The molecule has 9 heteroatoms. The van der Waals surface area contributed by atoms with Crippen LogP contribution in [0.25, 0.3) is 0 Å². The maximum atomic E-state index is 13.9. The minimum absolute atomic E-state index is 0.143. The molecule has 0 spiro atoms. The zero-order valence-electron chi connectivity index (χ0n) is 22.7. The number of hydrogen-bond acceptors (Lipinski definition) is 7. The molecule has 0 aliphatic heterocycles. The quantitative estimate of drug-likeness (QED) is 0.287. The molecule has 0 fully saturated rings. The first-order chi connectivity index (χ1) is 19.5. The second kappa shape index (κ2) is 13.7. The van der Waals surface area contributed by atoms with Gasteiger partial charge in [-0.05, 0) is 47.4 Å². The predicted molar refractivity (Wildman–Crippen MR) is 150 cm³/mol. The van der Waals surface area contributed by atoms with Crippen molar-refractivity contribution in [3.8, 4) is 17.2 Å². The van der Waals surface area contributed by atoms with Gasteiger partial charge < -0.3 is 24.4 Å². The summed E-state index contributed by atoms with van der Waals surface area (Å²) in [6.07, 6.45) is 4.81. The van der Waals surface area contributed by atoms with Crippen LogP contribution in [0.2, 0.25) is 0 Å². The maximum absolute atomic E-state index is 13.9. The van der Waals surface area contributed by atoms with Crippen molar-refractivity contribution in [3.63, 3.8) is 0 Å². The molecule has 1 atom stereocenters. The summed E-state index contributed by atoms with van der Waals surface area (Å²) < 4.78 is 16.1. The third-order valence-corrected chi connectivity index (χ3v) is 6.43. The van der Waals surface area contributed by atoms with Gasteiger partial charge in [0.1, 0.15) is 17.5 Å². The van der Waals surface area contributed by atoms with Crippen LogP contribution in [0.4, 0.5) is 0 Å². The number of aromatic nitrogens is 2. The molecule has 3 aromatic carbocycles. The van der Waals surface area contributed by atoms with Crippen LogP contribution in [0.15, 0.2) is 91.4 Å². The number of nitrogens with one attached hydrogen (secondary N) is 1. The predicted octanol–water partition coefficient (Wildman–Crippen LogP) is 4.25. The fourth-order valence-corrected chi connectivity index (χ4v) is 4.33. The molecule has 0 radical (unpaired) electrons. The topological polar surface area (TPSA) is 103 Å². The summed E-state index contributed by atoms with van der Waals surface area (Å²) in [5.74, 6) is 1.10. The Labute approximate surface area is 233 Å². The van der Waals surface area contributed by atoms with E-state index < -0.39 is 11.9 Å². The Morgan fingerprint density at radius 1 is 0.850 bits per heavy atom. The van der Waals surface area contributed by atoms with Crippen LogP contribution in [0.1, 0.15) is 33.2 Å². The van der Waals surface area contributed by atoms with Crippen LogP contribution in [0.5, 0.6) is 17.2 Å². The lowest BCUT2D eigenvalue weighted by Crippen LogP contribution is -2.44. The highest BCUT2D eigenvalue weighted by Crippen LogP contribution is 2.29. The number of nitrogens with zero attached hydrogens (tertiary/aromatic N) is 3. The van der Waals surface area contributed by atoms with E-state index in [1.165, 1.54) is 23.5 Å². The van der Waals surface area contributed by atoms with Gasteiger partial charge in [-0.15, -0.1) is 0 Å². The number of carbonyl (C=O) groups is 2. The van der Waals surface area contributed by atoms with Crippen LogP contribution in [-0.2, 0) is 17.8 Å². The van der Waals surface area contributed by atoms with Crippen molar-refractivity contribution in [3.05, 3.63) is 114 Å². The molecule has 0 bridgehead atoms. The second-order valence-electron chi connectivity index (χ2n) is 8.91. The Balaban J connectivity index is 1.70. The molecule has 40 heavy (non-hydrogen) atoms. The highest BCUT2D eigenvalue weighted by Gasteiger charge is 2.32. The molecule has 1 aromatic heterocycles. The summed E-state index contributed by atoms with van der Waals surface area (Å²) in [6.45, 7) is 0.537. The van der Waals surface area contributed by atoms with Gasteiger partial charge in [0.05, 0.1) is 27.5 Å². The average Bonchev–Trinajstić information content (AvgIpc) is 3.02. The van der Waals surface area contributed by atoms with Crippen LogP contribution in [0, 0.1) is 0 Å². The first-order valence-electron chi connectivity index (χ1n) is 12.8. The second-order valence-corrected chi connectivity index (χ2v) is 8.91. The molecular weight excluding hydrogens is 508 g/mol. The van der Waals surface area contributed by atoms with Gasteiger partial charge in [-0.2, -0.15) is 0 Å². The fourth-order valence-electron chi connectivity index (χ4n) is 4.33. The Kier molecular flexibility index (Phi) is 9.66. The van der Waals surface area contributed by atoms with E-state index in [0.717, 1.165) is 11.1 Å². The first-order valence-corrected chi connectivity index (χ1v) is 12.8. The van der Waals surface area contributed by atoms with E-state index in [4.69, 9.17) is 14.2 Å². The highest BCUT2D eigenvalue weighted by atomic mass is 16.5. The summed E-state index contributed by atoms with van der Waals surface area (Å²) in [5, 5.41) is 3.01. The van der Waals surface area contributed by atoms with E-state index in [9.17, 15) is 9.59 Å². The third-order valence-electron chi connectivity index (χ3n) is 6.43. The lowest BCUT2D eigenvalue weighted by Gasteiger charge is -2.31. The summed E-state index contributed by atoms with van der Waals surface area (Å²) in [5.41, 5.74) is 2.63. The van der Waals surface area contributed by atoms with Crippen molar-refractivity contribution in [2.24, 2.45) is 0 Å². The van der Waals surface area contributed by atoms with Crippen LogP contribution in [-0.4, -0.2) is 54.6 Å². The Morgan fingerprint density at radius 2 is 1.60 bits per heavy atom.